The first-order valence-electron chi connectivity index (χ1n) is 16.1. The van der Waals surface area contributed by atoms with E-state index in [-0.39, 0.29) is 35.6 Å². The predicted octanol–water partition coefficient (Wildman–Crippen LogP) is 5.46. The number of rotatable bonds is 11. The minimum Gasteiger partial charge on any atom is -0.459 e. The van der Waals surface area contributed by atoms with Gasteiger partial charge in [0.05, 0.1) is 35.1 Å². The summed E-state index contributed by atoms with van der Waals surface area (Å²) in [6, 6.07) is 33.9. The van der Waals surface area contributed by atoms with Crippen molar-refractivity contribution in [2.24, 2.45) is 0 Å². The third-order valence-corrected chi connectivity index (χ3v) is 8.31. The van der Waals surface area contributed by atoms with Crippen LogP contribution in [0.25, 0.3) is 11.2 Å². The summed E-state index contributed by atoms with van der Waals surface area (Å²) in [6.45, 7) is -0.352. The van der Waals surface area contributed by atoms with E-state index in [2.05, 4.69) is 15.0 Å². The SMILES string of the molecule is O=C(Cc1ncnc2c1ncn2[C@@H]1O[C@H](COC(=O)c2ccccc2)[C@@H](OC(=O)c2ccccc2)[C@H]1OC(=O)c1ccccc1)c1ccccc1. The van der Waals surface area contributed by atoms with Gasteiger partial charge in [-0.1, -0.05) is 84.9 Å². The van der Waals surface area contributed by atoms with E-state index in [1.165, 1.54) is 17.2 Å². The van der Waals surface area contributed by atoms with Gasteiger partial charge in [0.1, 0.15) is 24.6 Å². The highest BCUT2D eigenvalue weighted by atomic mass is 16.7. The molecule has 4 atom stereocenters. The number of hydrogen-bond donors (Lipinski definition) is 0. The van der Waals surface area contributed by atoms with Crippen LogP contribution in [-0.2, 0) is 25.4 Å². The molecule has 0 amide bonds. The average molecular weight is 683 g/mol. The zero-order valence-electron chi connectivity index (χ0n) is 27.0. The second-order valence-electron chi connectivity index (χ2n) is 11.6. The van der Waals surface area contributed by atoms with Crippen molar-refractivity contribution in [1.82, 2.24) is 19.5 Å². The molecule has 1 fully saturated rings. The highest BCUT2D eigenvalue weighted by Gasteiger charge is 2.52. The number of nitrogens with zero attached hydrogens (tertiary/aromatic N) is 4. The van der Waals surface area contributed by atoms with E-state index in [1.807, 2.05) is 6.07 Å². The van der Waals surface area contributed by atoms with E-state index in [4.69, 9.17) is 18.9 Å². The van der Waals surface area contributed by atoms with Gasteiger partial charge < -0.3 is 18.9 Å². The third kappa shape index (κ3) is 7.26. The first kappa shape index (κ1) is 33.0. The molecule has 0 bridgehead atoms. The van der Waals surface area contributed by atoms with Crippen LogP contribution in [0.3, 0.4) is 0 Å². The van der Waals surface area contributed by atoms with Gasteiger partial charge in [-0.05, 0) is 36.4 Å². The molecule has 0 N–H and O–H groups in total. The lowest BCUT2D eigenvalue weighted by Crippen LogP contribution is -2.41. The van der Waals surface area contributed by atoms with Gasteiger partial charge in [0, 0.05) is 5.56 Å². The first-order valence-corrected chi connectivity index (χ1v) is 16.1. The van der Waals surface area contributed by atoms with Crippen LogP contribution in [0, 0.1) is 0 Å². The van der Waals surface area contributed by atoms with Crippen LogP contribution in [0.1, 0.15) is 53.4 Å². The van der Waals surface area contributed by atoms with E-state index < -0.39 is 42.4 Å². The Balaban J connectivity index is 1.25. The summed E-state index contributed by atoms with van der Waals surface area (Å²) in [5, 5.41) is 0. The van der Waals surface area contributed by atoms with Crippen molar-refractivity contribution in [3.8, 4) is 0 Å². The van der Waals surface area contributed by atoms with Crippen LogP contribution in [0.15, 0.2) is 134 Å². The number of carbonyl (C=O) groups excluding carboxylic acids is 4. The second-order valence-corrected chi connectivity index (χ2v) is 11.6. The lowest BCUT2D eigenvalue weighted by atomic mass is 10.1. The van der Waals surface area contributed by atoms with Gasteiger partial charge in [-0.2, -0.15) is 0 Å². The van der Waals surface area contributed by atoms with Gasteiger partial charge in [0.25, 0.3) is 0 Å². The van der Waals surface area contributed by atoms with Crippen molar-refractivity contribution in [2.45, 2.75) is 31.0 Å². The number of fused-ring (bicyclic) bond motifs is 1. The monoisotopic (exact) mass is 682 g/mol. The zero-order valence-corrected chi connectivity index (χ0v) is 27.0. The maximum atomic E-state index is 13.6. The van der Waals surface area contributed by atoms with E-state index >= 15 is 0 Å². The smallest absolute Gasteiger partial charge is 0.338 e. The number of esters is 3. The largest absolute Gasteiger partial charge is 0.459 e. The van der Waals surface area contributed by atoms with Crippen LogP contribution in [0.5, 0.6) is 0 Å². The molecule has 1 aliphatic rings. The van der Waals surface area contributed by atoms with Crippen molar-refractivity contribution in [2.75, 3.05) is 6.61 Å². The highest BCUT2D eigenvalue weighted by Crippen LogP contribution is 2.37. The summed E-state index contributed by atoms with van der Waals surface area (Å²) in [5.41, 5.74) is 2.32. The maximum Gasteiger partial charge on any atom is 0.338 e. The Morgan fingerprint density at radius 1 is 0.608 bits per heavy atom. The number of ether oxygens (including phenoxy) is 4. The normalized spacial score (nSPS) is 18.2. The van der Waals surface area contributed by atoms with Gasteiger partial charge in [-0.25, -0.2) is 29.3 Å². The molecular formula is C39H30N4O8. The van der Waals surface area contributed by atoms with Gasteiger partial charge in [-0.15, -0.1) is 0 Å². The summed E-state index contributed by atoms with van der Waals surface area (Å²) < 4.78 is 25.7. The fraction of sp³-hybridized carbons (Fsp3) is 0.154. The Bertz CT molecular complexity index is 2160. The maximum absolute atomic E-state index is 13.6. The van der Waals surface area contributed by atoms with E-state index in [0.717, 1.165) is 0 Å². The number of imidazole rings is 1. The number of hydrogen-bond acceptors (Lipinski definition) is 11. The molecule has 6 aromatic rings. The number of ketones is 1. The van der Waals surface area contributed by atoms with E-state index in [1.54, 1.807) is 115 Å². The quantitative estimate of drug-likeness (QED) is 0.0975. The molecule has 1 saturated heterocycles. The molecule has 12 nitrogen and oxygen atoms in total. The summed E-state index contributed by atoms with van der Waals surface area (Å²) in [6.07, 6.45) is -2.09. The third-order valence-electron chi connectivity index (χ3n) is 8.31. The zero-order chi connectivity index (χ0) is 35.2. The Labute approximate surface area is 291 Å². The second kappa shape index (κ2) is 14.9. The van der Waals surface area contributed by atoms with Crippen molar-refractivity contribution >= 4 is 34.9 Å². The molecule has 51 heavy (non-hydrogen) atoms. The summed E-state index contributed by atoms with van der Waals surface area (Å²) >= 11 is 0. The Morgan fingerprint density at radius 2 is 1.12 bits per heavy atom. The molecule has 4 aromatic carbocycles. The fourth-order valence-corrected chi connectivity index (χ4v) is 5.78. The summed E-state index contributed by atoms with van der Waals surface area (Å²) in [7, 11) is 0. The number of benzene rings is 4. The minimum atomic E-state index is -1.27. The molecule has 3 heterocycles. The first-order chi connectivity index (χ1) is 25.0. The Hall–Kier alpha value is -6.53. The predicted molar refractivity (Wildman–Crippen MR) is 182 cm³/mol. The molecular weight excluding hydrogens is 652 g/mol. The molecule has 0 unspecified atom stereocenters. The van der Waals surface area contributed by atoms with Crippen LogP contribution in [0.2, 0.25) is 0 Å². The molecule has 254 valence electrons. The van der Waals surface area contributed by atoms with Crippen molar-refractivity contribution in [3.63, 3.8) is 0 Å². The van der Waals surface area contributed by atoms with Crippen molar-refractivity contribution < 1.29 is 38.1 Å². The highest BCUT2D eigenvalue weighted by molar-refractivity contribution is 5.98. The molecule has 0 saturated carbocycles. The number of Topliss-reactive ketones (excluding diaryl/α,β-unsaturated/α-hetero) is 1. The molecule has 2 aromatic heterocycles. The lowest BCUT2D eigenvalue weighted by molar-refractivity contribution is -0.0606. The molecule has 0 radical (unpaired) electrons. The number of aromatic nitrogens is 4. The van der Waals surface area contributed by atoms with Crippen LogP contribution >= 0.6 is 0 Å². The Kier molecular flexibility index (Phi) is 9.66. The molecule has 0 aliphatic carbocycles. The van der Waals surface area contributed by atoms with Crippen LogP contribution in [0.4, 0.5) is 0 Å². The van der Waals surface area contributed by atoms with Gasteiger partial charge in [-0.3, -0.25) is 9.36 Å². The van der Waals surface area contributed by atoms with Crippen LogP contribution in [-0.4, -0.2) is 68.1 Å². The topological polar surface area (TPSA) is 149 Å². The van der Waals surface area contributed by atoms with Crippen molar-refractivity contribution in [3.05, 3.63) is 162 Å². The molecule has 0 spiro atoms. The van der Waals surface area contributed by atoms with Crippen LogP contribution < -0.4 is 0 Å². The lowest BCUT2D eigenvalue weighted by Gasteiger charge is -2.25. The summed E-state index contributed by atoms with van der Waals surface area (Å²) in [4.78, 5) is 66.4. The van der Waals surface area contributed by atoms with E-state index in [9.17, 15) is 19.2 Å². The number of carbonyl (C=O) groups is 4. The molecule has 7 rings (SSSR count). The standard InChI is InChI=1S/C39H30N4O8/c44-30(25-13-5-1-6-14-25)21-29-32-35(41-23-40-29)43(24-42-32)36-34(51-39(47)28-19-11-4-12-20-28)33(50-38(46)27-17-9-3-10-18-27)31(49-36)22-48-37(45)26-15-7-2-8-16-26/h1-20,23-24,31,33-34,36H,21-22H2/t31-,33-,34-,36-/m1/s1. The van der Waals surface area contributed by atoms with Gasteiger partial charge in [0.15, 0.2) is 29.9 Å². The van der Waals surface area contributed by atoms with Gasteiger partial charge >= 0.3 is 17.9 Å². The molecule has 12 heteroatoms. The minimum absolute atomic E-state index is 0.0482. The summed E-state index contributed by atoms with van der Waals surface area (Å²) in [5.74, 6) is -2.19. The Morgan fingerprint density at radius 3 is 1.69 bits per heavy atom. The van der Waals surface area contributed by atoms with Crippen molar-refractivity contribution in [1.29, 1.82) is 0 Å². The average Bonchev–Trinajstić information content (AvgIpc) is 3.76. The van der Waals surface area contributed by atoms with Gasteiger partial charge in [0.2, 0.25) is 0 Å². The fourth-order valence-electron chi connectivity index (χ4n) is 5.78. The molecule has 1 aliphatic heterocycles. The van der Waals surface area contributed by atoms with E-state index in [0.29, 0.717) is 22.3 Å².